The Kier molecular flexibility index (Phi) is 8.04. The minimum Gasteiger partial charge on any atom is -0.497 e. The molecule has 41 heavy (non-hydrogen) atoms. The number of ether oxygens (including phenoxy) is 1. The maximum atomic E-state index is 14.0. The van der Waals surface area contributed by atoms with Gasteiger partial charge in [-0.15, -0.1) is 0 Å². The van der Waals surface area contributed by atoms with Crippen LogP contribution in [0.4, 0.5) is 10.3 Å². The second-order valence-corrected chi connectivity index (χ2v) is 9.71. The summed E-state index contributed by atoms with van der Waals surface area (Å²) in [7, 11) is 1.39. The van der Waals surface area contributed by atoms with E-state index >= 15 is 0 Å². The predicted octanol–water partition coefficient (Wildman–Crippen LogP) is 3.44. The maximum Gasteiger partial charge on any atom is 0.255 e. The maximum absolute atomic E-state index is 14.0. The van der Waals surface area contributed by atoms with E-state index < -0.39 is 30.4 Å². The summed E-state index contributed by atoms with van der Waals surface area (Å²) in [5.41, 5.74) is 5.77. The Balaban J connectivity index is 1.32. The van der Waals surface area contributed by atoms with Gasteiger partial charge in [0.1, 0.15) is 23.9 Å². The average molecular weight is 581 g/mol. The van der Waals surface area contributed by atoms with Crippen LogP contribution in [0.1, 0.15) is 34.5 Å². The third kappa shape index (κ3) is 5.93. The molecule has 4 N–H and O–H groups in total. The van der Waals surface area contributed by atoms with Gasteiger partial charge in [0, 0.05) is 29.8 Å². The van der Waals surface area contributed by atoms with Gasteiger partial charge in [-0.1, -0.05) is 23.7 Å². The SMILES string of the molecule is COc1cc(F)cc([C@@H](CO)NC(=O)C(C)N2Cc3ccc(-c4nc(NC5=CNOC=C5)ncc4Cl)cc3C2=O)c1. The molecule has 2 atom stereocenters. The first-order valence-electron chi connectivity index (χ1n) is 12.5. The number of aliphatic hydroxyl groups is 1. The third-order valence-electron chi connectivity index (χ3n) is 6.69. The van der Waals surface area contributed by atoms with Crippen molar-refractivity contribution in [3.05, 3.63) is 94.4 Å². The lowest BCUT2D eigenvalue weighted by Gasteiger charge is -2.26. The first-order chi connectivity index (χ1) is 19.8. The molecule has 0 saturated carbocycles. The fourth-order valence-corrected chi connectivity index (χ4v) is 4.68. The summed E-state index contributed by atoms with van der Waals surface area (Å²) < 4.78 is 19.1. The molecule has 2 aromatic carbocycles. The Hall–Kier alpha value is -4.68. The summed E-state index contributed by atoms with van der Waals surface area (Å²) in [6, 6.07) is 7.43. The molecule has 0 radical (unpaired) electrons. The zero-order valence-corrected chi connectivity index (χ0v) is 22.8. The number of aromatic nitrogens is 2. The molecule has 0 bridgehead atoms. The molecule has 11 nitrogen and oxygen atoms in total. The fraction of sp³-hybridized carbons (Fsp3) is 0.214. The van der Waals surface area contributed by atoms with Crippen molar-refractivity contribution in [2.45, 2.75) is 25.6 Å². The highest BCUT2D eigenvalue weighted by Crippen LogP contribution is 2.32. The van der Waals surface area contributed by atoms with Gasteiger partial charge in [-0.3, -0.25) is 9.59 Å². The highest BCUT2D eigenvalue weighted by atomic mass is 35.5. The molecule has 2 aliphatic rings. The predicted molar refractivity (Wildman–Crippen MR) is 148 cm³/mol. The first kappa shape index (κ1) is 27.9. The molecule has 2 aliphatic heterocycles. The molecule has 0 spiro atoms. The van der Waals surface area contributed by atoms with Crippen molar-refractivity contribution >= 4 is 29.4 Å². The smallest absolute Gasteiger partial charge is 0.255 e. The molecular formula is C28H26ClFN6O5. The molecule has 0 saturated heterocycles. The van der Waals surface area contributed by atoms with E-state index in [1.807, 2.05) is 0 Å². The summed E-state index contributed by atoms with van der Waals surface area (Å²) >= 11 is 6.41. The van der Waals surface area contributed by atoms with E-state index in [1.54, 1.807) is 37.4 Å². The van der Waals surface area contributed by atoms with E-state index in [1.165, 1.54) is 42.7 Å². The topological polar surface area (TPSA) is 138 Å². The van der Waals surface area contributed by atoms with Crippen molar-refractivity contribution in [3.8, 4) is 17.0 Å². The van der Waals surface area contributed by atoms with Crippen LogP contribution < -0.4 is 20.9 Å². The van der Waals surface area contributed by atoms with Crippen LogP contribution in [-0.4, -0.2) is 51.5 Å². The highest BCUT2D eigenvalue weighted by Gasteiger charge is 2.35. The van der Waals surface area contributed by atoms with E-state index in [-0.39, 0.29) is 24.1 Å². The number of nitrogens with zero attached hydrogens (tertiary/aromatic N) is 3. The van der Waals surface area contributed by atoms with E-state index in [9.17, 15) is 19.1 Å². The Morgan fingerprint density at radius 3 is 2.88 bits per heavy atom. The van der Waals surface area contributed by atoms with E-state index in [0.29, 0.717) is 33.1 Å². The zero-order valence-electron chi connectivity index (χ0n) is 22.0. The molecule has 212 valence electrons. The lowest BCUT2D eigenvalue weighted by molar-refractivity contribution is -0.126. The number of carbonyl (C=O) groups is 2. The van der Waals surface area contributed by atoms with Gasteiger partial charge < -0.3 is 30.2 Å². The second kappa shape index (κ2) is 11.8. The Labute approximate surface area is 239 Å². The quantitative estimate of drug-likeness (QED) is 0.300. The second-order valence-electron chi connectivity index (χ2n) is 9.30. The van der Waals surface area contributed by atoms with Crippen LogP contribution in [0, 0.1) is 5.82 Å². The minimum atomic E-state index is -0.896. The number of benzene rings is 2. The number of hydroxylamine groups is 1. The minimum absolute atomic E-state index is 0.209. The van der Waals surface area contributed by atoms with Crippen LogP contribution >= 0.6 is 11.6 Å². The average Bonchev–Trinajstić information content (AvgIpc) is 3.31. The largest absolute Gasteiger partial charge is 0.497 e. The summed E-state index contributed by atoms with van der Waals surface area (Å²) in [5, 5.41) is 15.9. The highest BCUT2D eigenvalue weighted by molar-refractivity contribution is 6.33. The number of anilines is 1. The van der Waals surface area contributed by atoms with Crippen LogP contribution in [0.2, 0.25) is 5.02 Å². The molecule has 2 amide bonds. The number of hydrogen-bond acceptors (Lipinski definition) is 9. The van der Waals surface area contributed by atoms with Crippen molar-refractivity contribution < 1.29 is 28.7 Å². The van der Waals surface area contributed by atoms with E-state index in [4.69, 9.17) is 21.2 Å². The van der Waals surface area contributed by atoms with Crippen LogP contribution in [0.15, 0.2) is 66.8 Å². The van der Waals surface area contributed by atoms with Gasteiger partial charge in [0.15, 0.2) is 0 Å². The van der Waals surface area contributed by atoms with E-state index in [2.05, 4.69) is 26.1 Å². The van der Waals surface area contributed by atoms with Crippen molar-refractivity contribution in [2.24, 2.45) is 0 Å². The Morgan fingerprint density at radius 2 is 2.15 bits per heavy atom. The molecule has 3 aromatic rings. The number of methoxy groups -OCH3 is 1. The Morgan fingerprint density at radius 1 is 1.32 bits per heavy atom. The van der Waals surface area contributed by atoms with Gasteiger partial charge >= 0.3 is 0 Å². The number of allylic oxidation sites excluding steroid dienone is 1. The summed E-state index contributed by atoms with van der Waals surface area (Å²) in [6.07, 6.45) is 6.20. The normalized spacial score (nSPS) is 15.3. The monoisotopic (exact) mass is 580 g/mol. The van der Waals surface area contributed by atoms with Crippen LogP contribution in [0.25, 0.3) is 11.3 Å². The molecular weight excluding hydrogens is 555 g/mol. The number of fused-ring (bicyclic) bond motifs is 1. The van der Waals surface area contributed by atoms with Crippen molar-refractivity contribution in [3.63, 3.8) is 0 Å². The fourth-order valence-electron chi connectivity index (χ4n) is 4.48. The molecule has 0 fully saturated rings. The standard InChI is InChI=1S/C28H26ClFN6O5/c1-15(26(38)34-24(14-37)18-7-19(30)10-21(8-18)40-2)36-13-17-4-3-16(9-22(17)27(36)39)25-23(29)12-31-28(35-25)33-20-5-6-41-32-11-20/h3-12,15,24,32,37H,13-14H2,1-2H3,(H,34,38)(H,31,33,35)/t15?,24-/m1/s1. The van der Waals surface area contributed by atoms with Gasteiger partial charge in [0.25, 0.3) is 5.91 Å². The number of nitrogens with one attached hydrogen (secondary N) is 3. The van der Waals surface area contributed by atoms with Crippen LogP contribution in [0.5, 0.6) is 5.75 Å². The lowest BCUT2D eigenvalue weighted by atomic mass is 10.0. The summed E-state index contributed by atoms with van der Waals surface area (Å²) in [4.78, 5) is 41.6. The van der Waals surface area contributed by atoms with Gasteiger partial charge in [-0.25, -0.2) is 19.8 Å². The van der Waals surface area contributed by atoms with Crippen LogP contribution in [-0.2, 0) is 16.2 Å². The molecule has 13 heteroatoms. The molecule has 1 unspecified atom stereocenters. The number of hydrogen-bond donors (Lipinski definition) is 4. The molecule has 1 aromatic heterocycles. The molecule has 3 heterocycles. The van der Waals surface area contributed by atoms with Crippen molar-refractivity contribution in [1.29, 1.82) is 0 Å². The van der Waals surface area contributed by atoms with Crippen molar-refractivity contribution in [2.75, 3.05) is 19.0 Å². The third-order valence-corrected chi connectivity index (χ3v) is 6.97. The summed E-state index contributed by atoms with van der Waals surface area (Å²) in [5.74, 6) is -0.874. The lowest BCUT2D eigenvalue weighted by Crippen LogP contribution is -2.46. The van der Waals surface area contributed by atoms with Crippen LogP contribution in [0.3, 0.4) is 0 Å². The Bertz CT molecular complexity index is 1560. The van der Waals surface area contributed by atoms with Gasteiger partial charge in [0.05, 0.1) is 48.6 Å². The van der Waals surface area contributed by atoms with E-state index in [0.717, 1.165) is 5.56 Å². The number of rotatable bonds is 9. The van der Waals surface area contributed by atoms with Crippen molar-refractivity contribution in [1.82, 2.24) is 25.7 Å². The number of amides is 2. The molecule has 5 rings (SSSR count). The van der Waals surface area contributed by atoms with Gasteiger partial charge in [-0.05, 0) is 36.2 Å². The first-order valence-corrected chi connectivity index (χ1v) is 12.9. The zero-order chi connectivity index (χ0) is 29.1. The number of carbonyl (C=O) groups excluding carboxylic acids is 2. The van der Waals surface area contributed by atoms with Gasteiger partial charge in [-0.2, -0.15) is 0 Å². The molecule has 0 aliphatic carbocycles. The summed E-state index contributed by atoms with van der Waals surface area (Å²) in [6.45, 7) is 1.33. The number of aliphatic hydroxyl groups excluding tert-OH is 1. The van der Waals surface area contributed by atoms with Gasteiger partial charge in [0.2, 0.25) is 11.9 Å². The number of halogens is 2.